The zero-order valence-electron chi connectivity index (χ0n) is 11.7. The second-order valence-electron chi connectivity index (χ2n) is 4.36. The summed E-state index contributed by atoms with van der Waals surface area (Å²) in [6, 6.07) is 16.2. The van der Waals surface area contributed by atoms with Gasteiger partial charge in [-0.25, -0.2) is 0 Å². The van der Waals surface area contributed by atoms with E-state index in [4.69, 9.17) is 10.00 Å². The number of carbonyl (C=O) groups excluding carboxylic acids is 1. The average Bonchev–Trinajstić information content (AvgIpc) is 2.54. The van der Waals surface area contributed by atoms with Crippen molar-refractivity contribution in [1.82, 2.24) is 0 Å². The highest BCUT2D eigenvalue weighted by Gasteiger charge is 2.04. The minimum atomic E-state index is -0.140. The Balaban J connectivity index is 2.21. The van der Waals surface area contributed by atoms with Crippen molar-refractivity contribution in [3.05, 3.63) is 71.3 Å². The number of ketones is 1. The maximum atomic E-state index is 12.1. The van der Waals surface area contributed by atoms with Crippen molar-refractivity contribution in [2.24, 2.45) is 0 Å². The molecule has 0 saturated carbocycles. The monoisotopic (exact) mass is 277 g/mol. The molecule has 0 radical (unpaired) electrons. The first kappa shape index (κ1) is 14.5. The first-order chi connectivity index (χ1) is 10.2. The second-order valence-corrected chi connectivity index (χ2v) is 4.36. The van der Waals surface area contributed by atoms with Crippen LogP contribution in [0.5, 0.6) is 5.75 Å². The van der Waals surface area contributed by atoms with E-state index in [1.54, 1.807) is 30.3 Å². The summed E-state index contributed by atoms with van der Waals surface area (Å²) in [5, 5.41) is 8.85. The molecule has 0 saturated heterocycles. The zero-order chi connectivity index (χ0) is 15.1. The molecule has 3 nitrogen and oxygen atoms in total. The molecule has 0 N–H and O–H groups in total. The predicted molar refractivity (Wildman–Crippen MR) is 82.1 cm³/mol. The van der Waals surface area contributed by atoms with Gasteiger partial charge in [-0.1, -0.05) is 30.3 Å². The standard InChI is InChI=1S/C18H15NO2/c1-2-21-18-9-4-3-7-15(18)10-11-17(20)16-8-5-6-14(12-16)13-19/h3-12H,2H2,1H3/b11-10+. The number of benzene rings is 2. The van der Waals surface area contributed by atoms with Gasteiger partial charge in [0.15, 0.2) is 5.78 Å². The van der Waals surface area contributed by atoms with E-state index in [2.05, 4.69) is 0 Å². The van der Waals surface area contributed by atoms with Crippen LogP contribution in [0.1, 0.15) is 28.4 Å². The first-order valence-electron chi connectivity index (χ1n) is 6.69. The summed E-state index contributed by atoms with van der Waals surface area (Å²) in [7, 11) is 0. The highest BCUT2D eigenvalue weighted by atomic mass is 16.5. The van der Waals surface area contributed by atoms with Crippen molar-refractivity contribution >= 4 is 11.9 Å². The summed E-state index contributed by atoms with van der Waals surface area (Å²) in [5.41, 5.74) is 1.83. The first-order valence-corrected chi connectivity index (χ1v) is 6.69. The van der Waals surface area contributed by atoms with E-state index in [0.29, 0.717) is 17.7 Å². The van der Waals surface area contributed by atoms with Crippen LogP contribution in [0.25, 0.3) is 6.08 Å². The minimum absolute atomic E-state index is 0.140. The summed E-state index contributed by atoms with van der Waals surface area (Å²) in [4.78, 5) is 12.1. The third-order valence-corrected chi connectivity index (χ3v) is 2.91. The Hall–Kier alpha value is -2.86. The lowest BCUT2D eigenvalue weighted by atomic mass is 10.1. The van der Waals surface area contributed by atoms with Crippen LogP contribution in [0, 0.1) is 11.3 Å². The molecule has 2 rings (SSSR count). The fraction of sp³-hybridized carbons (Fsp3) is 0.111. The van der Waals surface area contributed by atoms with Crippen LogP contribution >= 0.6 is 0 Å². The molecule has 0 aliphatic rings. The Morgan fingerprint density at radius 2 is 2.05 bits per heavy atom. The quantitative estimate of drug-likeness (QED) is 0.616. The lowest BCUT2D eigenvalue weighted by molar-refractivity contribution is 0.104. The molecule has 0 amide bonds. The molecule has 3 heteroatoms. The normalized spacial score (nSPS) is 10.3. The third-order valence-electron chi connectivity index (χ3n) is 2.91. The molecule has 104 valence electrons. The maximum Gasteiger partial charge on any atom is 0.185 e. The Bertz CT molecular complexity index is 711. The predicted octanol–water partition coefficient (Wildman–Crippen LogP) is 3.85. The van der Waals surface area contributed by atoms with E-state index in [0.717, 1.165) is 11.3 Å². The van der Waals surface area contributed by atoms with E-state index >= 15 is 0 Å². The van der Waals surface area contributed by atoms with E-state index in [-0.39, 0.29) is 5.78 Å². The van der Waals surface area contributed by atoms with Crippen LogP contribution in [0.15, 0.2) is 54.6 Å². The summed E-state index contributed by atoms with van der Waals surface area (Å²) in [6.45, 7) is 2.49. The molecule has 0 aromatic heterocycles. The van der Waals surface area contributed by atoms with Gasteiger partial charge >= 0.3 is 0 Å². The van der Waals surface area contributed by atoms with E-state index < -0.39 is 0 Å². The summed E-state index contributed by atoms with van der Waals surface area (Å²) in [5.74, 6) is 0.605. The highest BCUT2D eigenvalue weighted by molar-refractivity contribution is 6.07. The van der Waals surface area contributed by atoms with Crippen LogP contribution in [-0.2, 0) is 0 Å². The van der Waals surface area contributed by atoms with Gasteiger partial charge in [-0.2, -0.15) is 5.26 Å². The van der Waals surface area contributed by atoms with Gasteiger partial charge in [-0.3, -0.25) is 4.79 Å². The average molecular weight is 277 g/mol. The Morgan fingerprint density at radius 1 is 1.24 bits per heavy atom. The summed E-state index contributed by atoms with van der Waals surface area (Å²) < 4.78 is 5.51. The molecule has 0 bridgehead atoms. The number of rotatable bonds is 5. The van der Waals surface area contributed by atoms with Crippen molar-refractivity contribution in [3.8, 4) is 11.8 Å². The Labute approximate surface area is 124 Å². The van der Waals surface area contributed by atoms with Crippen molar-refractivity contribution in [2.75, 3.05) is 6.61 Å². The van der Waals surface area contributed by atoms with Crippen LogP contribution < -0.4 is 4.74 Å². The topological polar surface area (TPSA) is 50.1 Å². The number of nitriles is 1. The van der Waals surface area contributed by atoms with Gasteiger partial charge in [0.25, 0.3) is 0 Å². The van der Waals surface area contributed by atoms with Crippen molar-refractivity contribution in [1.29, 1.82) is 5.26 Å². The molecular weight excluding hydrogens is 262 g/mol. The number of hydrogen-bond donors (Lipinski definition) is 0. The number of carbonyl (C=O) groups is 1. The van der Waals surface area contributed by atoms with E-state index in [1.165, 1.54) is 6.08 Å². The SMILES string of the molecule is CCOc1ccccc1/C=C/C(=O)c1cccc(C#N)c1. The Kier molecular flexibility index (Phi) is 4.89. The lowest BCUT2D eigenvalue weighted by Crippen LogP contribution is -1.96. The third kappa shape index (κ3) is 3.80. The second kappa shape index (κ2) is 7.06. The molecule has 0 heterocycles. The smallest absolute Gasteiger partial charge is 0.185 e. The molecule has 0 atom stereocenters. The number of para-hydroxylation sites is 1. The number of ether oxygens (including phenoxy) is 1. The van der Waals surface area contributed by atoms with Crippen LogP contribution in [0.2, 0.25) is 0 Å². The van der Waals surface area contributed by atoms with Crippen LogP contribution in [0.4, 0.5) is 0 Å². The van der Waals surface area contributed by atoms with Gasteiger partial charge in [-0.05, 0) is 37.3 Å². The fourth-order valence-electron chi connectivity index (χ4n) is 1.91. The van der Waals surface area contributed by atoms with Crippen LogP contribution in [0.3, 0.4) is 0 Å². The van der Waals surface area contributed by atoms with Gasteiger partial charge in [-0.15, -0.1) is 0 Å². The zero-order valence-corrected chi connectivity index (χ0v) is 11.7. The lowest BCUT2D eigenvalue weighted by Gasteiger charge is -2.06. The molecule has 0 fully saturated rings. The van der Waals surface area contributed by atoms with Gasteiger partial charge in [0, 0.05) is 11.1 Å². The van der Waals surface area contributed by atoms with Crippen molar-refractivity contribution in [3.63, 3.8) is 0 Å². The molecule has 2 aromatic carbocycles. The number of allylic oxidation sites excluding steroid dienone is 1. The molecule has 0 unspecified atom stereocenters. The molecule has 0 aliphatic heterocycles. The molecule has 0 spiro atoms. The Morgan fingerprint density at radius 3 is 2.81 bits per heavy atom. The largest absolute Gasteiger partial charge is 0.493 e. The highest BCUT2D eigenvalue weighted by Crippen LogP contribution is 2.19. The van der Waals surface area contributed by atoms with Crippen molar-refractivity contribution < 1.29 is 9.53 Å². The van der Waals surface area contributed by atoms with Gasteiger partial charge in [0.1, 0.15) is 5.75 Å². The number of hydrogen-bond acceptors (Lipinski definition) is 3. The maximum absolute atomic E-state index is 12.1. The van der Waals surface area contributed by atoms with E-state index in [1.807, 2.05) is 37.3 Å². The molecular formula is C18H15NO2. The summed E-state index contributed by atoms with van der Waals surface area (Å²) in [6.07, 6.45) is 3.22. The van der Waals surface area contributed by atoms with Gasteiger partial charge in [0.2, 0.25) is 0 Å². The van der Waals surface area contributed by atoms with Crippen molar-refractivity contribution in [2.45, 2.75) is 6.92 Å². The van der Waals surface area contributed by atoms with E-state index in [9.17, 15) is 4.79 Å². The minimum Gasteiger partial charge on any atom is -0.493 e. The van der Waals surface area contributed by atoms with Gasteiger partial charge < -0.3 is 4.74 Å². The molecule has 2 aromatic rings. The van der Waals surface area contributed by atoms with Crippen LogP contribution in [-0.4, -0.2) is 12.4 Å². The molecule has 21 heavy (non-hydrogen) atoms. The molecule has 0 aliphatic carbocycles. The number of nitrogens with zero attached hydrogens (tertiary/aromatic N) is 1. The fourth-order valence-corrected chi connectivity index (χ4v) is 1.91. The van der Waals surface area contributed by atoms with Gasteiger partial charge in [0.05, 0.1) is 18.2 Å². The summed E-state index contributed by atoms with van der Waals surface area (Å²) >= 11 is 0.